The van der Waals surface area contributed by atoms with E-state index in [4.69, 9.17) is 15.9 Å². The number of nitrogens with one attached hydrogen (secondary N) is 1. The van der Waals surface area contributed by atoms with Gasteiger partial charge in [-0.25, -0.2) is 0 Å². The van der Waals surface area contributed by atoms with E-state index in [-0.39, 0.29) is 5.84 Å². The number of rotatable bonds is 8. The molecule has 3 N–H and O–H groups in total. The molecule has 0 aromatic heterocycles. The van der Waals surface area contributed by atoms with Gasteiger partial charge in [-0.05, 0) is 30.5 Å². The molecule has 0 aliphatic heterocycles. The number of nitrogens with two attached hydrogens (primary N) is 1. The minimum absolute atomic E-state index is 0.240. The lowest BCUT2D eigenvalue weighted by molar-refractivity contribution is 0.145. The SMILES string of the molecule is COCCN(CCC(=N)N)Cc1c(C)cccc1C. The number of methoxy groups -OCH3 is 1. The summed E-state index contributed by atoms with van der Waals surface area (Å²) in [5, 5.41) is 7.35. The monoisotopic (exact) mass is 263 g/mol. The predicted molar refractivity (Wildman–Crippen MR) is 79.6 cm³/mol. The van der Waals surface area contributed by atoms with Gasteiger partial charge < -0.3 is 10.5 Å². The largest absolute Gasteiger partial charge is 0.388 e. The molecule has 1 rings (SSSR count). The fraction of sp³-hybridized carbons (Fsp3) is 0.533. The topological polar surface area (TPSA) is 62.3 Å². The molecule has 0 aliphatic rings. The predicted octanol–water partition coefficient (Wildman–Crippen LogP) is 2.08. The lowest BCUT2D eigenvalue weighted by Gasteiger charge is -2.23. The van der Waals surface area contributed by atoms with E-state index >= 15 is 0 Å². The molecule has 0 unspecified atom stereocenters. The summed E-state index contributed by atoms with van der Waals surface area (Å²) in [6, 6.07) is 6.37. The molecule has 1 aromatic carbocycles. The van der Waals surface area contributed by atoms with Crippen LogP contribution in [0.15, 0.2) is 18.2 Å². The van der Waals surface area contributed by atoms with Gasteiger partial charge in [0.1, 0.15) is 0 Å². The number of hydrogen-bond donors (Lipinski definition) is 2. The summed E-state index contributed by atoms with van der Waals surface area (Å²) in [6.45, 7) is 7.52. The molecule has 106 valence electrons. The highest BCUT2D eigenvalue weighted by Crippen LogP contribution is 2.15. The van der Waals surface area contributed by atoms with Crippen molar-refractivity contribution in [2.75, 3.05) is 26.8 Å². The summed E-state index contributed by atoms with van der Waals surface area (Å²) < 4.78 is 5.15. The van der Waals surface area contributed by atoms with E-state index in [0.29, 0.717) is 13.0 Å². The maximum atomic E-state index is 7.35. The normalized spacial score (nSPS) is 10.9. The Hall–Kier alpha value is -1.39. The molecule has 0 fully saturated rings. The molecular formula is C15H25N3O. The fourth-order valence-electron chi connectivity index (χ4n) is 2.09. The van der Waals surface area contributed by atoms with Crippen LogP contribution in [0.4, 0.5) is 0 Å². The Labute approximate surface area is 116 Å². The summed E-state index contributed by atoms with van der Waals surface area (Å²) in [5.41, 5.74) is 9.43. The van der Waals surface area contributed by atoms with Crippen LogP contribution in [0.5, 0.6) is 0 Å². The molecule has 4 heteroatoms. The standard InChI is InChI=1S/C15H25N3O/c1-12-5-4-6-13(2)14(12)11-18(9-10-19-3)8-7-15(16)17/h4-6H,7-11H2,1-3H3,(H3,16,17). The molecule has 0 aliphatic carbocycles. The van der Waals surface area contributed by atoms with Crippen molar-refractivity contribution in [1.29, 1.82) is 5.41 Å². The van der Waals surface area contributed by atoms with Crippen LogP contribution < -0.4 is 5.73 Å². The first-order chi connectivity index (χ1) is 9.04. The third-order valence-electron chi connectivity index (χ3n) is 3.34. The highest BCUT2D eigenvalue weighted by atomic mass is 16.5. The van der Waals surface area contributed by atoms with E-state index in [0.717, 1.165) is 19.6 Å². The quantitative estimate of drug-likeness (QED) is 0.557. The van der Waals surface area contributed by atoms with E-state index in [1.165, 1.54) is 16.7 Å². The zero-order chi connectivity index (χ0) is 14.3. The summed E-state index contributed by atoms with van der Waals surface area (Å²) in [5.74, 6) is 0.240. The Morgan fingerprint density at radius 2 is 1.89 bits per heavy atom. The molecule has 0 radical (unpaired) electrons. The van der Waals surface area contributed by atoms with Gasteiger partial charge in [-0.15, -0.1) is 0 Å². The number of amidine groups is 1. The van der Waals surface area contributed by atoms with Crippen LogP contribution in [-0.2, 0) is 11.3 Å². The number of hydrogen-bond acceptors (Lipinski definition) is 3. The van der Waals surface area contributed by atoms with Crippen molar-refractivity contribution in [3.63, 3.8) is 0 Å². The van der Waals surface area contributed by atoms with Gasteiger partial charge in [0.25, 0.3) is 0 Å². The molecule has 4 nitrogen and oxygen atoms in total. The van der Waals surface area contributed by atoms with E-state index in [1.807, 2.05) is 0 Å². The van der Waals surface area contributed by atoms with Gasteiger partial charge in [0.15, 0.2) is 0 Å². The minimum Gasteiger partial charge on any atom is -0.388 e. The zero-order valence-electron chi connectivity index (χ0n) is 12.2. The highest BCUT2D eigenvalue weighted by Gasteiger charge is 2.10. The van der Waals surface area contributed by atoms with Gasteiger partial charge in [0.2, 0.25) is 0 Å². The Balaban J connectivity index is 2.72. The van der Waals surface area contributed by atoms with E-state index < -0.39 is 0 Å². The molecule has 0 atom stereocenters. The first kappa shape index (κ1) is 15.7. The molecule has 0 spiro atoms. The van der Waals surface area contributed by atoms with Crippen molar-refractivity contribution in [3.8, 4) is 0 Å². The van der Waals surface area contributed by atoms with Crippen LogP contribution in [0.3, 0.4) is 0 Å². The Morgan fingerprint density at radius 1 is 1.26 bits per heavy atom. The maximum Gasteiger partial charge on any atom is 0.0918 e. The van der Waals surface area contributed by atoms with Gasteiger partial charge in [0, 0.05) is 33.2 Å². The lowest BCUT2D eigenvalue weighted by Crippen LogP contribution is -2.31. The summed E-state index contributed by atoms with van der Waals surface area (Å²) in [6.07, 6.45) is 0.606. The second kappa shape index (κ2) is 7.92. The molecule has 0 bridgehead atoms. The molecule has 0 amide bonds. The minimum atomic E-state index is 0.240. The zero-order valence-corrected chi connectivity index (χ0v) is 12.2. The molecule has 0 saturated heterocycles. The maximum absolute atomic E-state index is 7.35. The Morgan fingerprint density at radius 3 is 2.42 bits per heavy atom. The van der Waals surface area contributed by atoms with E-state index in [1.54, 1.807) is 7.11 Å². The van der Waals surface area contributed by atoms with Gasteiger partial charge >= 0.3 is 0 Å². The van der Waals surface area contributed by atoms with Crippen molar-refractivity contribution in [2.45, 2.75) is 26.8 Å². The van der Waals surface area contributed by atoms with Crippen LogP contribution in [-0.4, -0.2) is 37.5 Å². The van der Waals surface area contributed by atoms with Crippen LogP contribution in [0.1, 0.15) is 23.1 Å². The van der Waals surface area contributed by atoms with E-state index in [2.05, 4.69) is 36.9 Å². The average Bonchev–Trinajstić information content (AvgIpc) is 2.36. The molecule has 19 heavy (non-hydrogen) atoms. The van der Waals surface area contributed by atoms with Crippen molar-refractivity contribution in [1.82, 2.24) is 4.90 Å². The van der Waals surface area contributed by atoms with Crippen molar-refractivity contribution in [3.05, 3.63) is 34.9 Å². The number of aryl methyl sites for hydroxylation is 2. The van der Waals surface area contributed by atoms with Gasteiger partial charge in [-0.2, -0.15) is 0 Å². The number of ether oxygens (including phenoxy) is 1. The van der Waals surface area contributed by atoms with Crippen LogP contribution in [0.25, 0.3) is 0 Å². The van der Waals surface area contributed by atoms with Crippen LogP contribution in [0, 0.1) is 19.3 Å². The average molecular weight is 263 g/mol. The summed E-state index contributed by atoms with van der Waals surface area (Å²) in [4.78, 5) is 2.29. The van der Waals surface area contributed by atoms with Crippen molar-refractivity contribution < 1.29 is 4.74 Å². The molecule has 0 saturated carbocycles. The first-order valence-electron chi connectivity index (χ1n) is 6.64. The second-order valence-corrected chi connectivity index (χ2v) is 4.91. The van der Waals surface area contributed by atoms with E-state index in [9.17, 15) is 0 Å². The number of benzene rings is 1. The van der Waals surface area contributed by atoms with Crippen LogP contribution >= 0.6 is 0 Å². The van der Waals surface area contributed by atoms with Gasteiger partial charge in [0.05, 0.1) is 12.4 Å². The Bertz CT molecular complexity index is 398. The highest BCUT2D eigenvalue weighted by molar-refractivity contribution is 5.76. The third kappa shape index (κ3) is 5.41. The smallest absolute Gasteiger partial charge is 0.0918 e. The molecular weight excluding hydrogens is 238 g/mol. The van der Waals surface area contributed by atoms with Crippen molar-refractivity contribution in [2.24, 2.45) is 5.73 Å². The van der Waals surface area contributed by atoms with Gasteiger partial charge in [-0.3, -0.25) is 10.3 Å². The van der Waals surface area contributed by atoms with Crippen molar-refractivity contribution >= 4 is 5.84 Å². The van der Waals surface area contributed by atoms with Gasteiger partial charge in [-0.1, -0.05) is 18.2 Å². The van der Waals surface area contributed by atoms with Crippen LogP contribution in [0.2, 0.25) is 0 Å². The molecule has 0 heterocycles. The first-order valence-corrected chi connectivity index (χ1v) is 6.64. The summed E-state index contributed by atoms with van der Waals surface area (Å²) >= 11 is 0. The lowest BCUT2D eigenvalue weighted by atomic mass is 10.0. The second-order valence-electron chi connectivity index (χ2n) is 4.91. The third-order valence-corrected chi connectivity index (χ3v) is 3.34. The number of nitrogens with zero attached hydrogens (tertiary/aromatic N) is 1. The molecule has 1 aromatic rings. The fourth-order valence-corrected chi connectivity index (χ4v) is 2.09. The Kier molecular flexibility index (Phi) is 6.53. The summed E-state index contributed by atoms with van der Waals surface area (Å²) in [7, 11) is 1.71.